The minimum atomic E-state index is -0.571. The van der Waals surface area contributed by atoms with Crippen molar-refractivity contribution in [1.82, 2.24) is 9.55 Å². The fraction of sp³-hybridized carbons (Fsp3) is 0.0556. The van der Waals surface area contributed by atoms with Crippen LogP contribution in [0.25, 0.3) is 16.1 Å². The minimum absolute atomic E-state index is 0.0873. The number of fused-ring (bicyclic) bond motifs is 1. The van der Waals surface area contributed by atoms with E-state index in [-0.39, 0.29) is 18.0 Å². The summed E-state index contributed by atoms with van der Waals surface area (Å²) in [6, 6.07) is 12.6. The van der Waals surface area contributed by atoms with Gasteiger partial charge in [0.05, 0.1) is 12.1 Å². The predicted octanol–water partition coefficient (Wildman–Crippen LogP) is 3.22. The van der Waals surface area contributed by atoms with Crippen LogP contribution in [0.5, 0.6) is 0 Å². The zero-order chi connectivity index (χ0) is 17.2. The molecule has 0 unspecified atom stereocenters. The number of benzene rings is 1. The van der Waals surface area contributed by atoms with Gasteiger partial charge in [-0.25, -0.2) is 9.78 Å². The summed E-state index contributed by atoms with van der Waals surface area (Å²) in [4.78, 5) is 28.6. The average molecular weight is 351 g/mol. The second kappa shape index (κ2) is 6.37. The van der Waals surface area contributed by atoms with E-state index in [0.29, 0.717) is 11.3 Å². The molecule has 0 spiro atoms. The molecule has 0 atom stereocenters. The molecule has 1 N–H and O–H groups in total. The van der Waals surface area contributed by atoms with Gasteiger partial charge in [0.25, 0.3) is 0 Å². The molecule has 4 rings (SSSR count). The van der Waals surface area contributed by atoms with Crippen LogP contribution in [0.15, 0.2) is 69.5 Å². The van der Waals surface area contributed by atoms with Crippen molar-refractivity contribution in [3.63, 3.8) is 0 Å². The number of thiazole rings is 1. The maximum atomic E-state index is 12.2. The Balaban J connectivity index is 1.51. The van der Waals surface area contributed by atoms with Gasteiger partial charge in [0.1, 0.15) is 11.3 Å². The van der Waals surface area contributed by atoms with E-state index in [1.165, 1.54) is 11.3 Å². The summed E-state index contributed by atoms with van der Waals surface area (Å²) in [7, 11) is 0. The standard InChI is InChI=1S/C18H13N3O3S/c22-16(10-13-11-25-18(19-13)21-7-3-4-8-21)20-14-9-12-5-1-2-6-15(12)24-17(14)23/h1-9,11H,10H2,(H,20,22). The molecule has 7 heteroatoms. The van der Waals surface area contributed by atoms with Crippen molar-refractivity contribution in [2.24, 2.45) is 0 Å². The van der Waals surface area contributed by atoms with Crippen LogP contribution < -0.4 is 10.9 Å². The van der Waals surface area contributed by atoms with Crippen LogP contribution in [0, 0.1) is 0 Å². The van der Waals surface area contributed by atoms with E-state index in [2.05, 4.69) is 10.3 Å². The summed E-state index contributed by atoms with van der Waals surface area (Å²) in [6.07, 6.45) is 3.87. The molecule has 3 heterocycles. The molecule has 1 amide bonds. The van der Waals surface area contributed by atoms with Crippen molar-refractivity contribution < 1.29 is 9.21 Å². The number of para-hydroxylation sites is 1. The first-order valence-electron chi connectivity index (χ1n) is 7.59. The Hall–Kier alpha value is -3.19. The molecular weight excluding hydrogens is 338 g/mol. The third-order valence-electron chi connectivity index (χ3n) is 3.62. The van der Waals surface area contributed by atoms with Gasteiger partial charge in [0, 0.05) is 23.2 Å². The smallest absolute Gasteiger partial charge is 0.360 e. The number of aromatic nitrogens is 2. The summed E-state index contributed by atoms with van der Waals surface area (Å²) >= 11 is 1.45. The maximum Gasteiger partial charge on any atom is 0.360 e. The Morgan fingerprint density at radius 3 is 2.84 bits per heavy atom. The number of nitrogens with one attached hydrogen (secondary N) is 1. The summed E-state index contributed by atoms with van der Waals surface area (Å²) < 4.78 is 7.09. The van der Waals surface area contributed by atoms with Crippen molar-refractivity contribution in [1.29, 1.82) is 0 Å². The van der Waals surface area contributed by atoms with Crippen molar-refractivity contribution >= 4 is 33.9 Å². The molecule has 0 fully saturated rings. The van der Waals surface area contributed by atoms with Gasteiger partial charge >= 0.3 is 5.63 Å². The Bertz CT molecular complexity index is 1100. The van der Waals surface area contributed by atoms with Gasteiger partial charge in [0.15, 0.2) is 5.13 Å². The molecule has 1 aromatic carbocycles. The summed E-state index contributed by atoms with van der Waals surface area (Å²) in [6.45, 7) is 0. The number of anilines is 1. The SMILES string of the molecule is O=C(Cc1csc(-n2cccc2)n1)Nc1cc2ccccc2oc1=O. The minimum Gasteiger partial charge on any atom is -0.421 e. The Morgan fingerprint density at radius 1 is 1.20 bits per heavy atom. The van der Waals surface area contributed by atoms with E-state index in [0.717, 1.165) is 10.5 Å². The second-order valence-electron chi connectivity index (χ2n) is 5.42. The van der Waals surface area contributed by atoms with Crippen LogP contribution in [0.3, 0.4) is 0 Å². The molecule has 6 nitrogen and oxygen atoms in total. The van der Waals surface area contributed by atoms with Crippen LogP contribution in [0.4, 0.5) is 5.69 Å². The van der Waals surface area contributed by atoms with Gasteiger partial charge in [-0.2, -0.15) is 0 Å². The topological polar surface area (TPSA) is 77.1 Å². The van der Waals surface area contributed by atoms with E-state index in [1.54, 1.807) is 18.2 Å². The van der Waals surface area contributed by atoms with E-state index >= 15 is 0 Å². The zero-order valence-corrected chi connectivity index (χ0v) is 13.8. The third kappa shape index (κ3) is 3.22. The lowest BCUT2D eigenvalue weighted by molar-refractivity contribution is -0.115. The fourth-order valence-electron chi connectivity index (χ4n) is 2.47. The highest BCUT2D eigenvalue weighted by atomic mass is 32.1. The molecular formula is C18H13N3O3S. The van der Waals surface area contributed by atoms with E-state index in [9.17, 15) is 9.59 Å². The van der Waals surface area contributed by atoms with Crippen molar-refractivity contribution in [2.45, 2.75) is 6.42 Å². The normalized spacial score (nSPS) is 10.9. The van der Waals surface area contributed by atoms with E-state index < -0.39 is 5.63 Å². The number of carbonyl (C=O) groups is 1. The lowest BCUT2D eigenvalue weighted by atomic mass is 10.2. The van der Waals surface area contributed by atoms with Gasteiger partial charge in [-0.05, 0) is 24.3 Å². The highest BCUT2D eigenvalue weighted by Crippen LogP contribution is 2.17. The van der Waals surface area contributed by atoms with Gasteiger partial charge in [0.2, 0.25) is 5.91 Å². The lowest BCUT2D eigenvalue weighted by Crippen LogP contribution is -2.19. The monoisotopic (exact) mass is 351 g/mol. The molecule has 0 saturated heterocycles. The number of rotatable bonds is 4. The summed E-state index contributed by atoms with van der Waals surface area (Å²) in [5.41, 5.74) is 0.695. The van der Waals surface area contributed by atoms with Gasteiger partial charge in [-0.1, -0.05) is 18.2 Å². The molecule has 0 bridgehead atoms. The van der Waals surface area contributed by atoms with Crippen molar-refractivity contribution in [2.75, 3.05) is 5.32 Å². The van der Waals surface area contributed by atoms with E-state index in [1.807, 2.05) is 46.6 Å². The molecule has 0 saturated carbocycles. The lowest BCUT2D eigenvalue weighted by Gasteiger charge is -2.04. The first-order chi connectivity index (χ1) is 12.2. The molecule has 0 aliphatic rings. The number of carbonyl (C=O) groups excluding carboxylic acids is 1. The Morgan fingerprint density at radius 2 is 2.00 bits per heavy atom. The largest absolute Gasteiger partial charge is 0.421 e. The third-order valence-corrected chi connectivity index (χ3v) is 4.52. The van der Waals surface area contributed by atoms with Gasteiger partial charge in [-0.3, -0.25) is 4.79 Å². The number of hydrogen-bond donors (Lipinski definition) is 1. The van der Waals surface area contributed by atoms with E-state index in [4.69, 9.17) is 4.42 Å². The highest BCUT2D eigenvalue weighted by molar-refractivity contribution is 7.12. The highest BCUT2D eigenvalue weighted by Gasteiger charge is 2.12. The molecule has 124 valence electrons. The Kier molecular flexibility index (Phi) is 3.91. The van der Waals surface area contributed by atoms with Gasteiger partial charge < -0.3 is 14.3 Å². The fourth-order valence-corrected chi connectivity index (χ4v) is 3.26. The van der Waals surface area contributed by atoms with Crippen molar-refractivity contribution in [3.8, 4) is 5.13 Å². The molecule has 4 aromatic rings. The number of nitrogens with zero attached hydrogens (tertiary/aromatic N) is 2. The maximum absolute atomic E-state index is 12.2. The number of amides is 1. The predicted molar refractivity (Wildman–Crippen MR) is 96.3 cm³/mol. The van der Waals surface area contributed by atoms with Gasteiger partial charge in [-0.15, -0.1) is 11.3 Å². The quantitative estimate of drug-likeness (QED) is 0.573. The number of hydrogen-bond acceptors (Lipinski definition) is 5. The van der Waals surface area contributed by atoms with Crippen LogP contribution in [0.2, 0.25) is 0 Å². The first kappa shape index (κ1) is 15.3. The molecule has 0 aliphatic heterocycles. The molecule has 0 aliphatic carbocycles. The Labute approximate surface area is 146 Å². The summed E-state index contributed by atoms with van der Waals surface area (Å²) in [5.74, 6) is -0.313. The van der Waals surface area contributed by atoms with Crippen LogP contribution >= 0.6 is 11.3 Å². The van der Waals surface area contributed by atoms with Crippen molar-refractivity contribution in [3.05, 3.63) is 76.4 Å². The molecule has 25 heavy (non-hydrogen) atoms. The zero-order valence-electron chi connectivity index (χ0n) is 13.0. The van der Waals surface area contributed by atoms with Crippen LogP contribution in [0.1, 0.15) is 5.69 Å². The van der Waals surface area contributed by atoms with Crippen LogP contribution in [-0.2, 0) is 11.2 Å². The molecule has 0 radical (unpaired) electrons. The second-order valence-corrected chi connectivity index (χ2v) is 6.26. The average Bonchev–Trinajstić information content (AvgIpc) is 3.26. The van der Waals surface area contributed by atoms with Crippen LogP contribution in [-0.4, -0.2) is 15.5 Å². The first-order valence-corrected chi connectivity index (χ1v) is 8.47. The summed E-state index contributed by atoms with van der Waals surface area (Å²) in [5, 5.41) is 5.98. The molecule has 3 aromatic heterocycles.